The summed E-state index contributed by atoms with van der Waals surface area (Å²) < 4.78 is 9.43. The molecule has 0 saturated heterocycles. The second-order valence-electron chi connectivity index (χ2n) is 3.09. The molecule has 2 atom stereocenters. The Kier molecular flexibility index (Phi) is 6.64. The molecule has 0 aromatic heterocycles. The summed E-state index contributed by atoms with van der Waals surface area (Å²) in [5, 5.41) is 2.53. The van der Waals surface area contributed by atoms with Gasteiger partial charge in [0.2, 0.25) is 5.91 Å². The zero-order chi connectivity index (χ0) is 11.8. The molecule has 0 heterocycles. The zero-order valence-electron chi connectivity index (χ0n) is 9.28. The molecule has 3 N–H and O–H groups in total. The molecule has 0 radical (unpaired) electrons. The van der Waals surface area contributed by atoms with E-state index in [4.69, 9.17) is 10.5 Å². The van der Waals surface area contributed by atoms with E-state index < -0.39 is 17.9 Å². The lowest BCUT2D eigenvalue weighted by Gasteiger charge is -2.15. The van der Waals surface area contributed by atoms with Gasteiger partial charge in [-0.15, -0.1) is 0 Å². The van der Waals surface area contributed by atoms with Gasteiger partial charge in [-0.05, 0) is 13.8 Å². The smallest absolute Gasteiger partial charge is 0.332 e. The summed E-state index contributed by atoms with van der Waals surface area (Å²) in [5.74, 6) is -1.28. The summed E-state index contributed by atoms with van der Waals surface area (Å²) in [7, 11) is 1.52. The number of hydrogen-bond donors (Lipinski definition) is 2. The predicted octanol–water partition coefficient (Wildman–Crippen LogP) is -0.972. The normalized spacial score (nSPS) is 14.1. The molecule has 0 rings (SSSR count). The molecular formula is C9H18N2O4. The third kappa shape index (κ3) is 5.34. The molecule has 15 heavy (non-hydrogen) atoms. The highest BCUT2D eigenvalue weighted by molar-refractivity contribution is 6.01. The van der Waals surface area contributed by atoms with Gasteiger partial charge >= 0.3 is 5.97 Å². The van der Waals surface area contributed by atoms with Gasteiger partial charge in [0, 0.05) is 13.2 Å². The van der Waals surface area contributed by atoms with Gasteiger partial charge in [-0.2, -0.15) is 0 Å². The fourth-order valence-corrected chi connectivity index (χ4v) is 0.963. The number of nitrogens with two attached hydrogens (primary N) is 1. The Morgan fingerprint density at radius 3 is 2.53 bits per heavy atom. The van der Waals surface area contributed by atoms with Gasteiger partial charge in [0.05, 0.1) is 13.2 Å². The first-order valence-electron chi connectivity index (χ1n) is 4.74. The van der Waals surface area contributed by atoms with Crippen LogP contribution in [0.25, 0.3) is 0 Å². The van der Waals surface area contributed by atoms with E-state index in [1.54, 1.807) is 13.8 Å². The molecule has 0 saturated carbocycles. The van der Waals surface area contributed by atoms with Crippen molar-refractivity contribution in [2.75, 3.05) is 20.3 Å². The predicted molar refractivity (Wildman–Crippen MR) is 54.1 cm³/mol. The van der Waals surface area contributed by atoms with Crippen LogP contribution in [0.4, 0.5) is 0 Å². The second-order valence-corrected chi connectivity index (χ2v) is 3.09. The fraction of sp³-hybridized carbons (Fsp3) is 0.778. The molecule has 1 amide bonds. The largest absolute Gasteiger partial charge is 0.464 e. The van der Waals surface area contributed by atoms with Crippen LogP contribution in [0.2, 0.25) is 0 Å². The van der Waals surface area contributed by atoms with E-state index in [9.17, 15) is 9.59 Å². The fourth-order valence-electron chi connectivity index (χ4n) is 0.963. The Bertz CT molecular complexity index is 220. The molecule has 0 aromatic rings. The number of methoxy groups -OCH3 is 1. The van der Waals surface area contributed by atoms with Gasteiger partial charge in [-0.25, -0.2) is 4.79 Å². The van der Waals surface area contributed by atoms with Crippen molar-refractivity contribution in [2.24, 2.45) is 5.73 Å². The van der Waals surface area contributed by atoms with Gasteiger partial charge in [0.15, 0.2) is 6.04 Å². The van der Waals surface area contributed by atoms with Crippen LogP contribution in [0, 0.1) is 0 Å². The summed E-state index contributed by atoms with van der Waals surface area (Å²) in [4.78, 5) is 22.4. The van der Waals surface area contributed by atoms with Crippen molar-refractivity contribution in [3.8, 4) is 0 Å². The molecular weight excluding hydrogens is 200 g/mol. The summed E-state index contributed by atoms with van der Waals surface area (Å²) in [5.41, 5.74) is 5.36. The lowest BCUT2D eigenvalue weighted by molar-refractivity contribution is -0.148. The summed E-state index contributed by atoms with van der Waals surface area (Å²) >= 11 is 0. The van der Waals surface area contributed by atoms with E-state index in [0.717, 1.165) is 0 Å². The maximum absolute atomic E-state index is 11.4. The van der Waals surface area contributed by atoms with Crippen LogP contribution < -0.4 is 11.1 Å². The Hall–Kier alpha value is -1.14. The summed E-state index contributed by atoms with van der Waals surface area (Å²) in [6.45, 7) is 3.96. The number of carbonyl (C=O) groups is 2. The Morgan fingerprint density at radius 2 is 2.07 bits per heavy atom. The maximum atomic E-state index is 11.4. The molecule has 6 nitrogen and oxygen atoms in total. The van der Waals surface area contributed by atoms with E-state index >= 15 is 0 Å². The van der Waals surface area contributed by atoms with Crippen molar-refractivity contribution in [3.05, 3.63) is 0 Å². The van der Waals surface area contributed by atoms with E-state index in [1.807, 2.05) is 0 Å². The van der Waals surface area contributed by atoms with Crippen LogP contribution in [-0.4, -0.2) is 44.3 Å². The van der Waals surface area contributed by atoms with Crippen LogP contribution in [0.1, 0.15) is 13.8 Å². The highest BCUT2D eigenvalue weighted by Gasteiger charge is 2.24. The summed E-state index contributed by atoms with van der Waals surface area (Å²) in [6, 6.07) is -1.47. The topological polar surface area (TPSA) is 90.7 Å². The van der Waals surface area contributed by atoms with Crippen molar-refractivity contribution >= 4 is 11.9 Å². The molecule has 0 aliphatic carbocycles. The standard InChI is InChI=1S/C9H18N2O4/c1-4-15-9(13)7(10)8(12)11-6(2)5-14-3/h6-7H,4-5,10H2,1-3H3,(H,11,12). The average Bonchev–Trinajstić information content (AvgIpc) is 2.17. The van der Waals surface area contributed by atoms with Crippen LogP contribution in [0.5, 0.6) is 0 Å². The molecule has 0 bridgehead atoms. The zero-order valence-corrected chi connectivity index (χ0v) is 9.28. The molecule has 0 spiro atoms. The minimum Gasteiger partial charge on any atom is -0.464 e. The lowest BCUT2D eigenvalue weighted by atomic mass is 10.2. The highest BCUT2D eigenvalue weighted by Crippen LogP contribution is 1.89. The third-order valence-electron chi connectivity index (χ3n) is 1.63. The minimum atomic E-state index is -1.27. The van der Waals surface area contributed by atoms with Crippen LogP contribution in [0.3, 0.4) is 0 Å². The maximum Gasteiger partial charge on any atom is 0.332 e. The van der Waals surface area contributed by atoms with Gasteiger partial charge < -0.3 is 20.5 Å². The number of esters is 1. The molecule has 6 heteroatoms. The SMILES string of the molecule is CCOC(=O)C(N)C(=O)NC(C)COC. The molecule has 0 fully saturated rings. The highest BCUT2D eigenvalue weighted by atomic mass is 16.5. The van der Waals surface area contributed by atoms with Crippen LogP contribution in [-0.2, 0) is 19.1 Å². The molecule has 0 aliphatic heterocycles. The molecule has 0 aromatic carbocycles. The van der Waals surface area contributed by atoms with E-state index in [1.165, 1.54) is 7.11 Å². The van der Waals surface area contributed by atoms with Gasteiger partial charge in [-0.3, -0.25) is 4.79 Å². The lowest BCUT2D eigenvalue weighted by Crippen LogP contribution is -2.50. The van der Waals surface area contributed by atoms with Gasteiger partial charge in [-0.1, -0.05) is 0 Å². The van der Waals surface area contributed by atoms with E-state index in [-0.39, 0.29) is 12.6 Å². The summed E-state index contributed by atoms with van der Waals surface area (Å²) in [6.07, 6.45) is 0. The van der Waals surface area contributed by atoms with Crippen LogP contribution >= 0.6 is 0 Å². The number of hydrogen-bond acceptors (Lipinski definition) is 5. The number of nitrogens with one attached hydrogen (secondary N) is 1. The number of amides is 1. The first-order valence-corrected chi connectivity index (χ1v) is 4.74. The first kappa shape index (κ1) is 13.9. The number of rotatable bonds is 6. The quantitative estimate of drug-likeness (QED) is 0.442. The van der Waals surface area contributed by atoms with Crippen LogP contribution in [0.15, 0.2) is 0 Å². The van der Waals surface area contributed by atoms with Gasteiger partial charge in [0.1, 0.15) is 0 Å². The second kappa shape index (κ2) is 7.19. The Labute approximate surface area is 89.1 Å². The monoisotopic (exact) mass is 218 g/mol. The van der Waals surface area contributed by atoms with E-state index in [2.05, 4.69) is 10.1 Å². The van der Waals surface area contributed by atoms with Crippen molar-refractivity contribution in [1.29, 1.82) is 0 Å². The van der Waals surface area contributed by atoms with E-state index in [0.29, 0.717) is 6.61 Å². The number of ether oxygens (including phenoxy) is 2. The average molecular weight is 218 g/mol. The molecule has 2 unspecified atom stereocenters. The van der Waals surface area contributed by atoms with Crippen molar-refractivity contribution in [3.63, 3.8) is 0 Å². The minimum absolute atomic E-state index is 0.192. The van der Waals surface area contributed by atoms with Crippen molar-refractivity contribution in [2.45, 2.75) is 25.9 Å². The molecule has 0 aliphatic rings. The number of carbonyl (C=O) groups excluding carboxylic acids is 2. The third-order valence-corrected chi connectivity index (χ3v) is 1.63. The Morgan fingerprint density at radius 1 is 1.47 bits per heavy atom. The molecule has 88 valence electrons. The van der Waals surface area contributed by atoms with Crippen molar-refractivity contribution < 1.29 is 19.1 Å². The first-order chi connectivity index (χ1) is 7.02. The Balaban J connectivity index is 4.03. The van der Waals surface area contributed by atoms with Crippen molar-refractivity contribution in [1.82, 2.24) is 5.32 Å². The van der Waals surface area contributed by atoms with Gasteiger partial charge in [0.25, 0.3) is 0 Å².